The summed E-state index contributed by atoms with van der Waals surface area (Å²) in [4.78, 5) is 11.2. The third-order valence-corrected chi connectivity index (χ3v) is 4.44. The largest absolute Gasteiger partial charge is 0.418 e. The Morgan fingerprint density at radius 3 is 2.27 bits per heavy atom. The van der Waals surface area contributed by atoms with Crippen molar-refractivity contribution in [2.45, 2.75) is 13.0 Å². The van der Waals surface area contributed by atoms with Gasteiger partial charge in [-0.1, -0.05) is 36.4 Å². The number of rotatable bonds is 6. The number of benzene rings is 3. The quantitative estimate of drug-likeness (QED) is 0.473. The SMILES string of the molecule is CC(=O)Nc1ccc(N[C@H](c2nnc(-c3ccccc3)o2)c2ccccc2F)cc1. The van der Waals surface area contributed by atoms with Crippen LogP contribution in [-0.2, 0) is 4.79 Å². The Hall–Kier alpha value is -4.00. The lowest BCUT2D eigenvalue weighted by Crippen LogP contribution is -2.14. The molecule has 1 heterocycles. The van der Waals surface area contributed by atoms with E-state index in [1.165, 1.54) is 13.0 Å². The molecule has 1 aromatic heterocycles. The summed E-state index contributed by atoms with van der Waals surface area (Å²) < 4.78 is 20.5. The van der Waals surface area contributed by atoms with Crippen LogP contribution in [0.3, 0.4) is 0 Å². The second-order valence-corrected chi connectivity index (χ2v) is 6.67. The first-order valence-electron chi connectivity index (χ1n) is 9.37. The van der Waals surface area contributed by atoms with Crippen LogP contribution in [0.2, 0.25) is 0 Å². The molecule has 1 atom stereocenters. The summed E-state index contributed by atoms with van der Waals surface area (Å²) in [6, 6.07) is 22.2. The Balaban J connectivity index is 1.67. The molecule has 0 aliphatic heterocycles. The zero-order chi connectivity index (χ0) is 20.9. The fourth-order valence-corrected chi connectivity index (χ4v) is 3.05. The van der Waals surface area contributed by atoms with Crippen molar-refractivity contribution in [2.75, 3.05) is 10.6 Å². The molecule has 0 spiro atoms. The summed E-state index contributed by atoms with van der Waals surface area (Å²) >= 11 is 0. The van der Waals surface area contributed by atoms with Crippen LogP contribution in [0.15, 0.2) is 83.3 Å². The highest BCUT2D eigenvalue weighted by atomic mass is 19.1. The van der Waals surface area contributed by atoms with Crippen molar-refractivity contribution in [3.63, 3.8) is 0 Å². The fourth-order valence-electron chi connectivity index (χ4n) is 3.05. The molecule has 0 bridgehead atoms. The van der Waals surface area contributed by atoms with Crippen molar-refractivity contribution in [2.24, 2.45) is 0 Å². The van der Waals surface area contributed by atoms with Gasteiger partial charge in [0.05, 0.1) is 0 Å². The van der Waals surface area contributed by atoms with Crippen molar-refractivity contribution < 1.29 is 13.6 Å². The van der Waals surface area contributed by atoms with Crippen LogP contribution in [0.25, 0.3) is 11.5 Å². The summed E-state index contributed by atoms with van der Waals surface area (Å²) in [6.07, 6.45) is 0. The summed E-state index contributed by atoms with van der Waals surface area (Å²) in [5, 5.41) is 14.2. The molecule has 30 heavy (non-hydrogen) atoms. The molecular weight excluding hydrogens is 383 g/mol. The van der Waals surface area contributed by atoms with Gasteiger partial charge in [0.15, 0.2) is 0 Å². The molecule has 4 aromatic rings. The van der Waals surface area contributed by atoms with Gasteiger partial charge in [-0.3, -0.25) is 4.79 Å². The van der Waals surface area contributed by atoms with E-state index in [4.69, 9.17) is 4.42 Å². The number of amides is 1. The summed E-state index contributed by atoms with van der Waals surface area (Å²) in [5.41, 5.74) is 2.53. The molecule has 0 radical (unpaired) electrons. The molecule has 0 aliphatic carbocycles. The van der Waals surface area contributed by atoms with Crippen LogP contribution < -0.4 is 10.6 Å². The maximum Gasteiger partial charge on any atom is 0.247 e. The van der Waals surface area contributed by atoms with E-state index in [1.54, 1.807) is 42.5 Å². The molecule has 7 heteroatoms. The maximum absolute atomic E-state index is 14.6. The number of aromatic nitrogens is 2. The van der Waals surface area contributed by atoms with Gasteiger partial charge in [-0.15, -0.1) is 10.2 Å². The van der Waals surface area contributed by atoms with E-state index in [2.05, 4.69) is 20.8 Å². The average molecular weight is 402 g/mol. The lowest BCUT2D eigenvalue weighted by molar-refractivity contribution is -0.114. The smallest absolute Gasteiger partial charge is 0.247 e. The second-order valence-electron chi connectivity index (χ2n) is 6.67. The van der Waals surface area contributed by atoms with Gasteiger partial charge >= 0.3 is 0 Å². The van der Waals surface area contributed by atoms with Crippen LogP contribution in [0.1, 0.15) is 24.4 Å². The van der Waals surface area contributed by atoms with Crippen LogP contribution in [-0.4, -0.2) is 16.1 Å². The molecule has 3 aromatic carbocycles. The fraction of sp³-hybridized carbons (Fsp3) is 0.0870. The summed E-state index contributed by atoms with van der Waals surface area (Å²) in [5.74, 6) is 0.0585. The lowest BCUT2D eigenvalue weighted by atomic mass is 10.1. The van der Waals surface area contributed by atoms with Gasteiger partial charge in [-0.2, -0.15) is 0 Å². The van der Waals surface area contributed by atoms with Crippen molar-refractivity contribution in [1.82, 2.24) is 10.2 Å². The molecule has 1 amide bonds. The highest BCUT2D eigenvalue weighted by Crippen LogP contribution is 2.30. The molecule has 4 rings (SSSR count). The van der Waals surface area contributed by atoms with Crippen molar-refractivity contribution in [3.8, 4) is 11.5 Å². The van der Waals surface area contributed by atoms with E-state index < -0.39 is 6.04 Å². The van der Waals surface area contributed by atoms with Crippen molar-refractivity contribution in [3.05, 3.63) is 96.1 Å². The first kappa shape index (κ1) is 19.3. The number of anilines is 2. The Kier molecular flexibility index (Phi) is 5.52. The highest BCUT2D eigenvalue weighted by molar-refractivity contribution is 5.88. The zero-order valence-electron chi connectivity index (χ0n) is 16.2. The van der Waals surface area contributed by atoms with Crippen molar-refractivity contribution in [1.29, 1.82) is 0 Å². The Morgan fingerprint density at radius 2 is 1.57 bits per heavy atom. The molecular formula is C23H19FN4O2. The van der Waals surface area contributed by atoms with E-state index in [1.807, 2.05) is 30.3 Å². The van der Waals surface area contributed by atoms with Gasteiger partial charge < -0.3 is 15.1 Å². The first-order valence-corrected chi connectivity index (χ1v) is 9.37. The molecule has 0 fully saturated rings. The Morgan fingerprint density at radius 1 is 0.900 bits per heavy atom. The molecule has 0 saturated heterocycles. The predicted molar refractivity (Wildman–Crippen MR) is 112 cm³/mol. The Bertz CT molecular complexity index is 1140. The average Bonchev–Trinajstić information content (AvgIpc) is 3.24. The minimum Gasteiger partial charge on any atom is -0.418 e. The zero-order valence-corrected chi connectivity index (χ0v) is 16.2. The van der Waals surface area contributed by atoms with E-state index in [-0.39, 0.29) is 17.6 Å². The number of hydrogen-bond acceptors (Lipinski definition) is 5. The number of nitrogens with zero attached hydrogens (tertiary/aromatic N) is 2. The van der Waals surface area contributed by atoms with E-state index in [0.29, 0.717) is 22.8 Å². The second kappa shape index (κ2) is 8.57. The molecule has 150 valence electrons. The summed E-state index contributed by atoms with van der Waals surface area (Å²) in [7, 11) is 0. The minimum atomic E-state index is -0.692. The predicted octanol–water partition coefficient (Wildman–Crippen LogP) is 5.04. The normalized spacial score (nSPS) is 11.7. The molecule has 0 saturated carbocycles. The van der Waals surface area contributed by atoms with Crippen LogP contribution in [0.5, 0.6) is 0 Å². The van der Waals surface area contributed by atoms with Gasteiger partial charge in [0.25, 0.3) is 0 Å². The maximum atomic E-state index is 14.6. The third-order valence-electron chi connectivity index (χ3n) is 4.44. The molecule has 6 nitrogen and oxygen atoms in total. The monoisotopic (exact) mass is 402 g/mol. The number of halogens is 1. The van der Waals surface area contributed by atoms with Crippen LogP contribution in [0, 0.1) is 5.82 Å². The third kappa shape index (κ3) is 4.35. The molecule has 0 aliphatic rings. The highest BCUT2D eigenvalue weighted by Gasteiger charge is 2.24. The molecule has 0 unspecified atom stereocenters. The van der Waals surface area contributed by atoms with Crippen LogP contribution in [0.4, 0.5) is 15.8 Å². The Labute approximate surface area is 172 Å². The van der Waals surface area contributed by atoms with E-state index >= 15 is 0 Å². The van der Waals surface area contributed by atoms with Gasteiger partial charge in [0, 0.05) is 29.4 Å². The van der Waals surface area contributed by atoms with Gasteiger partial charge in [-0.05, 0) is 42.5 Å². The number of hydrogen-bond donors (Lipinski definition) is 2. The lowest BCUT2D eigenvalue weighted by Gasteiger charge is -2.18. The first-order chi connectivity index (χ1) is 14.6. The van der Waals surface area contributed by atoms with Gasteiger partial charge in [-0.25, -0.2) is 4.39 Å². The van der Waals surface area contributed by atoms with E-state index in [9.17, 15) is 9.18 Å². The van der Waals surface area contributed by atoms with E-state index in [0.717, 1.165) is 5.56 Å². The number of nitrogens with one attached hydrogen (secondary N) is 2. The van der Waals surface area contributed by atoms with Crippen LogP contribution >= 0.6 is 0 Å². The van der Waals surface area contributed by atoms with Gasteiger partial charge in [0.2, 0.25) is 17.7 Å². The summed E-state index contributed by atoms with van der Waals surface area (Å²) in [6.45, 7) is 1.44. The number of carbonyl (C=O) groups is 1. The standard InChI is InChI=1S/C23H19FN4O2/c1-15(29)25-17-11-13-18(14-12-17)26-21(19-9-5-6-10-20(19)24)23-28-27-22(30-23)16-7-3-2-4-8-16/h2-14,21,26H,1H3,(H,25,29)/t21-/m0/s1. The topological polar surface area (TPSA) is 80.0 Å². The van der Waals surface area contributed by atoms with Gasteiger partial charge in [0.1, 0.15) is 11.9 Å². The minimum absolute atomic E-state index is 0.153. The molecule has 2 N–H and O–H groups in total. The number of carbonyl (C=O) groups excluding carboxylic acids is 1. The van der Waals surface area contributed by atoms with Crippen molar-refractivity contribution >= 4 is 17.3 Å².